The lowest BCUT2D eigenvalue weighted by Crippen LogP contribution is -2.58. The highest BCUT2D eigenvalue weighted by atomic mass is 28.4. The Balaban J connectivity index is 1.64. The summed E-state index contributed by atoms with van der Waals surface area (Å²) in [5, 5.41) is 4.85. The average molecular weight is 449 g/mol. The van der Waals surface area contributed by atoms with E-state index >= 15 is 0 Å². The standard InChI is InChI=1S/C20H18F3N3O4Si/c21-11-3-1-10(2-4-11)17-13(14-7-12(22)8-15(23)18(14)26-17)5-6-16(27)25-20-19(28)24-9-31(20,29)30/h1-4,7-8,20,26,29-30H,5-6,9H2,(H,24,28)(H,25,27)/t20-/m0/s1. The van der Waals surface area contributed by atoms with Gasteiger partial charge in [0.2, 0.25) is 11.8 Å². The number of carbonyl (C=O) groups is 2. The lowest BCUT2D eigenvalue weighted by Gasteiger charge is -2.18. The van der Waals surface area contributed by atoms with Crippen molar-refractivity contribution in [3.8, 4) is 11.3 Å². The zero-order chi connectivity index (χ0) is 22.3. The van der Waals surface area contributed by atoms with Gasteiger partial charge in [-0.05, 0) is 47.9 Å². The Morgan fingerprint density at radius 2 is 1.84 bits per heavy atom. The molecule has 1 aliphatic heterocycles. The number of benzene rings is 2. The van der Waals surface area contributed by atoms with E-state index in [0.29, 0.717) is 16.8 Å². The van der Waals surface area contributed by atoms with Crippen LogP contribution in [0.2, 0.25) is 0 Å². The maximum absolute atomic E-state index is 14.3. The van der Waals surface area contributed by atoms with E-state index in [0.717, 1.165) is 12.1 Å². The summed E-state index contributed by atoms with van der Waals surface area (Å²) in [6.07, 6.45) is -0.443. The summed E-state index contributed by atoms with van der Waals surface area (Å²) in [4.78, 5) is 46.9. The molecule has 1 atom stereocenters. The first-order valence-corrected chi connectivity index (χ1v) is 11.6. The number of fused-ring (bicyclic) bond motifs is 1. The molecule has 5 N–H and O–H groups in total. The van der Waals surface area contributed by atoms with Crippen LogP contribution in [0.5, 0.6) is 0 Å². The molecule has 0 bridgehead atoms. The molecule has 3 aromatic rings. The maximum Gasteiger partial charge on any atom is 0.385 e. The van der Waals surface area contributed by atoms with Gasteiger partial charge in [0.15, 0.2) is 5.67 Å². The molecule has 2 amide bonds. The number of rotatable bonds is 5. The average Bonchev–Trinajstić information content (AvgIpc) is 3.19. The zero-order valence-corrected chi connectivity index (χ0v) is 17.0. The summed E-state index contributed by atoms with van der Waals surface area (Å²) < 4.78 is 41.5. The fourth-order valence-corrected chi connectivity index (χ4v) is 5.23. The topological polar surface area (TPSA) is 114 Å². The quantitative estimate of drug-likeness (QED) is 0.378. The minimum atomic E-state index is -3.95. The fraction of sp³-hybridized carbons (Fsp3) is 0.200. The van der Waals surface area contributed by atoms with Crippen LogP contribution >= 0.6 is 0 Å². The molecule has 31 heavy (non-hydrogen) atoms. The van der Waals surface area contributed by atoms with Gasteiger partial charge in [-0.25, -0.2) is 13.2 Å². The molecule has 1 aromatic heterocycles. The Bertz CT molecular complexity index is 1180. The SMILES string of the molecule is O=C(CCc1c(-c2ccc(F)cc2)[nH]c2c(F)cc(F)cc12)N[C@@H]1C(=O)NC[Si]1(O)O. The largest absolute Gasteiger partial charge is 0.408 e. The van der Waals surface area contributed by atoms with Gasteiger partial charge in [0.05, 0.1) is 11.7 Å². The van der Waals surface area contributed by atoms with E-state index in [4.69, 9.17) is 0 Å². The molecule has 162 valence electrons. The van der Waals surface area contributed by atoms with Crippen LogP contribution in [0, 0.1) is 17.5 Å². The van der Waals surface area contributed by atoms with Gasteiger partial charge in [-0.3, -0.25) is 9.59 Å². The van der Waals surface area contributed by atoms with Crippen LogP contribution in [0.4, 0.5) is 13.2 Å². The van der Waals surface area contributed by atoms with Crippen molar-refractivity contribution in [2.24, 2.45) is 0 Å². The van der Waals surface area contributed by atoms with Crippen molar-refractivity contribution in [3.05, 3.63) is 59.4 Å². The second-order valence-electron chi connectivity index (χ2n) is 7.39. The number of H-pyrrole nitrogens is 1. The first-order chi connectivity index (χ1) is 14.7. The summed E-state index contributed by atoms with van der Waals surface area (Å²) in [5.74, 6) is -3.37. The van der Waals surface area contributed by atoms with Gasteiger partial charge in [-0.1, -0.05) is 0 Å². The molecule has 0 radical (unpaired) electrons. The van der Waals surface area contributed by atoms with Crippen molar-refractivity contribution < 1.29 is 32.4 Å². The van der Waals surface area contributed by atoms with Gasteiger partial charge < -0.3 is 25.2 Å². The predicted molar refractivity (Wildman–Crippen MR) is 107 cm³/mol. The molecule has 2 heterocycles. The number of aromatic amines is 1. The van der Waals surface area contributed by atoms with Crippen molar-refractivity contribution in [2.45, 2.75) is 18.5 Å². The lowest BCUT2D eigenvalue weighted by molar-refractivity contribution is -0.126. The third kappa shape index (κ3) is 4.07. The zero-order valence-electron chi connectivity index (χ0n) is 16.0. The van der Waals surface area contributed by atoms with Gasteiger partial charge in [0.1, 0.15) is 17.5 Å². The first kappa shape index (κ1) is 21.1. The Morgan fingerprint density at radius 3 is 2.48 bits per heavy atom. The van der Waals surface area contributed by atoms with Gasteiger partial charge in [-0.15, -0.1) is 0 Å². The van der Waals surface area contributed by atoms with Crippen LogP contribution in [0.3, 0.4) is 0 Å². The highest BCUT2D eigenvalue weighted by Crippen LogP contribution is 2.33. The number of amides is 2. The van der Waals surface area contributed by atoms with Gasteiger partial charge >= 0.3 is 8.56 Å². The number of halogens is 3. The molecule has 1 aliphatic rings. The molecule has 0 saturated carbocycles. The van der Waals surface area contributed by atoms with Crippen LogP contribution in [-0.2, 0) is 16.0 Å². The van der Waals surface area contributed by atoms with Crippen molar-refractivity contribution in [1.82, 2.24) is 15.6 Å². The van der Waals surface area contributed by atoms with E-state index in [2.05, 4.69) is 15.6 Å². The number of carbonyl (C=O) groups excluding carboxylic acids is 2. The molecule has 0 unspecified atom stereocenters. The molecule has 1 fully saturated rings. The monoisotopic (exact) mass is 449 g/mol. The fourth-order valence-electron chi connectivity index (χ4n) is 3.68. The van der Waals surface area contributed by atoms with Gasteiger partial charge in [-0.2, -0.15) is 0 Å². The number of nitrogens with one attached hydrogen (secondary N) is 3. The summed E-state index contributed by atoms with van der Waals surface area (Å²) in [6.45, 7) is 0. The molecule has 0 aliphatic carbocycles. The third-order valence-electron chi connectivity index (χ3n) is 5.22. The summed E-state index contributed by atoms with van der Waals surface area (Å²) in [7, 11) is -3.95. The Labute approximate surface area is 175 Å². The van der Waals surface area contributed by atoms with E-state index in [1.165, 1.54) is 24.3 Å². The molecule has 7 nitrogen and oxygen atoms in total. The van der Waals surface area contributed by atoms with E-state index in [1.807, 2.05) is 0 Å². The number of hydrogen-bond donors (Lipinski definition) is 5. The Kier molecular flexibility index (Phi) is 5.33. The molecule has 4 rings (SSSR count). The molecule has 0 spiro atoms. The molecule has 11 heteroatoms. The molecule has 1 saturated heterocycles. The molecular weight excluding hydrogens is 431 g/mol. The smallest absolute Gasteiger partial charge is 0.385 e. The van der Waals surface area contributed by atoms with Crippen molar-refractivity contribution in [1.29, 1.82) is 0 Å². The Morgan fingerprint density at radius 1 is 1.13 bits per heavy atom. The van der Waals surface area contributed by atoms with Crippen molar-refractivity contribution >= 4 is 31.3 Å². The maximum atomic E-state index is 14.3. The van der Waals surface area contributed by atoms with Crippen LogP contribution < -0.4 is 10.6 Å². The van der Waals surface area contributed by atoms with E-state index in [-0.39, 0.29) is 29.9 Å². The number of aryl methyl sites for hydroxylation is 1. The third-order valence-corrected chi connectivity index (χ3v) is 7.25. The number of hydrogen-bond acceptors (Lipinski definition) is 4. The number of aromatic nitrogens is 1. The van der Waals surface area contributed by atoms with Crippen LogP contribution in [0.15, 0.2) is 36.4 Å². The summed E-state index contributed by atoms with van der Waals surface area (Å²) >= 11 is 0. The Hall–Kier alpha value is -3.15. The van der Waals surface area contributed by atoms with E-state index < -0.39 is 43.5 Å². The minimum absolute atomic E-state index is 0.0290. The van der Waals surface area contributed by atoms with Crippen molar-refractivity contribution in [3.63, 3.8) is 0 Å². The molecular formula is C20H18F3N3O4Si. The predicted octanol–water partition coefficient (Wildman–Crippen LogP) is 1.30. The highest BCUT2D eigenvalue weighted by Gasteiger charge is 2.51. The van der Waals surface area contributed by atoms with Gasteiger partial charge in [0, 0.05) is 23.6 Å². The summed E-state index contributed by atoms with van der Waals surface area (Å²) in [6, 6.07) is 7.25. The van der Waals surface area contributed by atoms with Gasteiger partial charge in [0.25, 0.3) is 0 Å². The van der Waals surface area contributed by atoms with E-state index in [1.54, 1.807) is 0 Å². The van der Waals surface area contributed by atoms with Crippen molar-refractivity contribution in [2.75, 3.05) is 6.17 Å². The minimum Gasteiger partial charge on any atom is -0.408 e. The van der Waals surface area contributed by atoms with Crippen LogP contribution in [0.1, 0.15) is 12.0 Å². The van der Waals surface area contributed by atoms with Crippen LogP contribution in [-0.4, -0.2) is 46.8 Å². The normalized spacial score (nSPS) is 17.7. The van der Waals surface area contributed by atoms with E-state index in [9.17, 15) is 32.4 Å². The van der Waals surface area contributed by atoms with Crippen LogP contribution in [0.25, 0.3) is 22.2 Å². The second kappa shape index (κ2) is 7.83. The highest BCUT2D eigenvalue weighted by molar-refractivity contribution is 6.72. The lowest BCUT2D eigenvalue weighted by atomic mass is 10.0. The molecule has 2 aromatic carbocycles. The first-order valence-electron chi connectivity index (χ1n) is 9.43. The second-order valence-corrected chi connectivity index (χ2v) is 10.1. The summed E-state index contributed by atoms with van der Waals surface area (Å²) in [5.41, 5.74) is -0.000478.